The first-order valence-electron chi connectivity index (χ1n) is 4.49. The number of oxime groups is 1. The summed E-state index contributed by atoms with van der Waals surface area (Å²) in [7, 11) is 3.48. The third kappa shape index (κ3) is 3.05. The van der Waals surface area contributed by atoms with Crippen LogP contribution in [0.4, 0.5) is 5.69 Å². The maximum atomic E-state index is 8.43. The van der Waals surface area contributed by atoms with Gasteiger partial charge in [0, 0.05) is 12.7 Å². The molecule has 3 N–H and O–H groups in total. The van der Waals surface area contributed by atoms with Crippen molar-refractivity contribution >= 4 is 11.5 Å². The van der Waals surface area contributed by atoms with E-state index in [1.807, 2.05) is 36.2 Å². The molecule has 0 radical (unpaired) electrons. The molecule has 82 valence electrons. The van der Waals surface area contributed by atoms with E-state index in [2.05, 4.69) is 5.16 Å². The van der Waals surface area contributed by atoms with Gasteiger partial charge in [-0.2, -0.15) is 0 Å². The lowest BCUT2D eigenvalue weighted by Crippen LogP contribution is -2.30. The van der Waals surface area contributed by atoms with Crippen molar-refractivity contribution in [2.75, 3.05) is 25.6 Å². The predicted octanol–water partition coefficient (Wildman–Crippen LogP) is 0.878. The van der Waals surface area contributed by atoms with E-state index in [0.717, 1.165) is 11.4 Å². The molecule has 1 aromatic carbocycles. The Bertz CT molecular complexity index is 335. The Hall–Kier alpha value is -1.91. The van der Waals surface area contributed by atoms with E-state index >= 15 is 0 Å². The van der Waals surface area contributed by atoms with Crippen molar-refractivity contribution in [3.63, 3.8) is 0 Å². The third-order valence-electron chi connectivity index (χ3n) is 2.04. The van der Waals surface area contributed by atoms with Crippen LogP contribution in [0.2, 0.25) is 0 Å². The molecule has 0 aliphatic rings. The van der Waals surface area contributed by atoms with Crippen LogP contribution in [0, 0.1) is 0 Å². The highest BCUT2D eigenvalue weighted by Gasteiger charge is 2.03. The van der Waals surface area contributed by atoms with E-state index in [-0.39, 0.29) is 5.84 Å². The van der Waals surface area contributed by atoms with Gasteiger partial charge in [-0.25, -0.2) is 0 Å². The van der Waals surface area contributed by atoms with Gasteiger partial charge in [-0.05, 0) is 24.3 Å². The lowest BCUT2D eigenvalue weighted by atomic mass is 10.3. The second-order valence-corrected chi connectivity index (χ2v) is 3.15. The van der Waals surface area contributed by atoms with Gasteiger partial charge in [0.15, 0.2) is 5.84 Å². The molecule has 0 heterocycles. The fourth-order valence-electron chi connectivity index (χ4n) is 1.20. The number of anilines is 1. The minimum Gasteiger partial charge on any atom is -0.497 e. The van der Waals surface area contributed by atoms with Crippen LogP contribution in [0.3, 0.4) is 0 Å². The van der Waals surface area contributed by atoms with Crippen LogP contribution < -0.4 is 15.4 Å². The van der Waals surface area contributed by atoms with Gasteiger partial charge in [0.25, 0.3) is 0 Å². The molecule has 0 amide bonds. The summed E-state index contributed by atoms with van der Waals surface area (Å²) in [5.74, 6) is 0.976. The van der Waals surface area contributed by atoms with Crippen molar-refractivity contribution in [2.24, 2.45) is 10.9 Å². The minimum atomic E-state index is 0.174. The molecule has 1 aromatic rings. The normalized spacial score (nSPS) is 11.2. The minimum absolute atomic E-state index is 0.174. The molecule has 15 heavy (non-hydrogen) atoms. The van der Waals surface area contributed by atoms with E-state index in [0.29, 0.717) is 6.54 Å². The molecule has 0 aliphatic carbocycles. The van der Waals surface area contributed by atoms with E-state index in [1.165, 1.54) is 0 Å². The van der Waals surface area contributed by atoms with E-state index in [4.69, 9.17) is 15.7 Å². The van der Waals surface area contributed by atoms with Gasteiger partial charge in [0.1, 0.15) is 5.75 Å². The lowest BCUT2D eigenvalue weighted by molar-refractivity contribution is 0.317. The highest BCUT2D eigenvalue weighted by atomic mass is 16.5. The molecule has 1 rings (SSSR count). The second kappa shape index (κ2) is 5.09. The zero-order valence-corrected chi connectivity index (χ0v) is 8.84. The molecule has 5 nitrogen and oxygen atoms in total. The average Bonchev–Trinajstić information content (AvgIpc) is 2.29. The summed E-state index contributed by atoms with van der Waals surface area (Å²) in [6.45, 7) is 0.378. The summed E-state index contributed by atoms with van der Waals surface area (Å²) in [5.41, 5.74) is 6.38. The topological polar surface area (TPSA) is 71.1 Å². The molecule has 5 heteroatoms. The average molecular weight is 209 g/mol. The summed E-state index contributed by atoms with van der Waals surface area (Å²) in [6.07, 6.45) is 0. The molecule has 0 saturated heterocycles. The molecule has 0 unspecified atom stereocenters. The number of ether oxygens (including phenoxy) is 1. The molecule has 0 atom stereocenters. The van der Waals surface area contributed by atoms with Crippen molar-refractivity contribution in [1.29, 1.82) is 0 Å². The predicted molar refractivity (Wildman–Crippen MR) is 59.7 cm³/mol. The SMILES string of the molecule is COc1ccc(N(C)CC(N)=NO)cc1. The maximum Gasteiger partial charge on any atom is 0.158 e. The Morgan fingerprint density at radius 3 is 2.53 bits per heavy atom. The smallest absolute Gasteiger partial charge is 0.158 e. The van der Waals surface area contributed by atoms with Gasteiger partial charge in [-0.3, -0.25) is 0 Å². The van der Waals surface area contributed by atoms with Gasteiger partial charge in [-0.15, -0.1) is 0 Å². The van der Waals surface area contributed by atoms with Crippen LogP contribution in [-0.2, 0) is 0 Å². The highest BCUT2D eigenvalue weighted by molar-refractivity contribution is 5.84. The second-order valence-electron chi connectivity index (χ2n) is 3.15. The van der Waals surface area contributed by atoms with Crippen LogP contribution in [0.5, 0.6) is 5.75 Å². The van der Waals surface area contributed by atoms with Crippen LogP contribution in [0.15, 0.2) is 29.4 Å². The Kier molecular flexibility index (Phi) is 3.79. The number of hydrogen-bond donors (Lipinski definition) is 2. The van der Waals surface area contributed by atoms with Crippen LogP contribution in [0.1, 0.15) is 0 Å². The van der Waals surface area contributed by atoms with Gasteiger partial charge < -0.3 is 20.6 Å². The maximum absolute atomic E-state index is 8.43. The molecule has 0 aromatic heterocycles. The molecule has 0 saturated carbocycles. The van der Waals surface area contributed by atoms with Crippen molar-refractivity contribution in [3.05, 3.63) is 24.3 Å². The largest absolute Gasteiger partial charge is 0.497 e. The highest BCUT2D eigenvalue weighted by Crippen LogP contribution is 2.17. The molecule has 0 spiro atoms. The standard InChI is InChI=1S/C10H15N3O2/c1-13(7-10(11)12-14)8-3-5-9(15-2)6-4-8/h3-6,14H,7H2,1-2H3,(H2,11,12). The van der Waals surface area contributed by atoms with E-state index in [1.54, 1.807) is 7.11 Å². The number of amidine groups is 1. The first-order valence-corrected chi connectivity index (χ1v) is 4.49. The van der Waals surface area contributed by atoms with Crippen LogP contribution in [-0.4, -0.2) is 31.7 Å². The summed E-state index contributed by atoms with van der Waals surface area (Å²) in [4.78, 5) is 1.87. The van der Waals surface area contributed by atoms with Gasteiger partial charge >= 0.3 is 0 Å². The Labute approximate surface area is 88.7 Å². The number of methoxy groups -OCH3 is 1. The number of nitrogens with zero attached hydrogens (tertiary/aromatic N) is 2. The zero-order valence-electron chi connectivity index (χ0n) is 8.84. The van der Waals surface area contributed by atoms with E-state index in [9.17, 15) is 0 Å². The first-order chi connectivity index (χ1) is 7.17. The molecule has 0 aliphatic heterocycles. The third-order valence-corrected chi connectivity index (χ3v) is 2.04. The summed E-state index contributed by atoms with van der Waals surface area (Å²) < 4.78 is 5.04. The van der Waals surface area contributed by atoms with Crippen molar-refractivity contribution in [3.8, 4) is 5.75 Å². The lowest BCUT2D eigenvalue weighted by Gasteiger charge is -2.18. The molecular weight excluding hydrogens is 194 g/mol. The Morgan fingerprint density at radius 1 is 1.47 bits per heavy atom. The van der Waals surface area contributed by atoms with Crippen molar-refractivity contribution in [1.82, 2.24) is 0 Å². The number of benzene rings is 1. The number of nitrogens with two attached hydrogens (primary N) is 1. The quantitative estimate of drug-likeness (QED) is 0.334. The number of likely N-dealkylation sites (N-methyl/N-ethyl adjacent to an activating group) is 1. The van der Waals surface area contributed by atoms with Crippen molar-refractivity contribution < 1.29 is 9.94 Å². The van der Waals surface area contributed by atoms with Gasteiger partial charge in [-0.1, -0.05) is 5.16 Å². The van der Waals surface area contributed by atoms with Crippen LogP contribution >= 0.6 is 0 Å². The fourth-order valence-corrected chi connectivity index (χ4v) is 1.20. The van der Waals surface area contributed by atoms with Crippen molar-refractivity contribution in [2.45, 2.75) is 0 Å². The van der Waals surface area contributed by atoms with Gasteiger partial charge in [0.05, 0.1) is 13.7 Å². The summed E-state index contributed by atoms with van der Waals surface area (Å²) in [6, 6.07) is 7.53. The zero-order chi connectivity index (χ0) is 11.3. The summed E-state index contributed by atoms with van der Waals surface area (Å²) >= 11 is 0. The van der Waals surface area contributed by atoms with Crippen LogP contribution in [0.25, 0.3) is 0 Å². The number of rotatable bonds is 4. The van der Waals surface area contributed by atoms with E-state index < -0.39 is 0 Å². The monoisotopic (exact) mass is 209 g/mol. The summed E-state index contributed by atoms with van der Waals surface area (Å²) in [5, 5.41) is 11.3. The number of hydrogen-bond acceptors (Lipinski definition) is 4. The fraction of sp³-hybridized carbons (Fsp3) is 0.300. The molecular formula is C10H15N3O2. The first kappa shape index (κ1) is 11.2. The molecule has 0 bridgehead atoms. The Morgan fingerprint density at radius 2 is 2.07 bits per heavy atom. The van der Waals surface area contributed by atoms with Gasteiger partial charge in [0.2, 0.25) is 0 Å². The molecule has 0 fully saturated rings. The Balaban J connectivity index is 2.69.